The highest BCUT2D eigenvalue weighted by Crippen LogP contribution is 2.47. The van der Waals surface area contributed by atoms with Crippen molar-refractivity contribution in [2.75, 3.05) is 11.9 Å². The van der Waals surface area contributed by atoms with Crippen LogP contribution in [0.1, 0.15) is 56.5 Å². The van der Waals surface area contributed by atoms with Gasteiger partial charge in [0.05, 0.1) is 12.3 Å². The molecule has 110 valence electrons. The minimum Gasteiger partial charge on any atom is -0.465 e. The van der Waals surface area contributed by atoms with Crippen molar-refractivity contribution >= 4 is 22.4 Å². The van der Waals surface area contributed by atoms with Gasteiger partial charge < -0.3 is 10.1 Å². The van der Waals surface area contributed by atoms with Gasteiger partial charge in [-0.1, -0.05) is 13.8 Å². The summed E-state index contributed by atoms with van der Waals surface area (Å²) < 4.78 is 5.18. The molecule has 0 radical (unpaired) electrons. The summed E-state index contributed by atoms with van der Waals surface area (Å²) in [6.07, 6.45) is 4.15. The van der Waals surface area contributed by atoms with E-state index in [0.717, 1.165) is 30.1 Å². The van der Waals surface area contributed by atoms with Crippen molar-refractivity contribution in [1.82, 2.24) is 4.98 Å². The van der Waals surface area contributed by atoms with E-state index in [1.807, 2.05) is 6.92 Å². The average Bonchev–Trinajstić information content (AvgIpc) is 2.83. The molecular weight excluding hydrogens is 272 g/mol. The van der Waals surface area contributed by atoms with Gasteiger partial charge in [-0.05, 0) is 38.0 Å². The third kappa shape index (κ3) is 2.55. The third-order valence-corrected chi connectivity index (χ3v) is 5.40. The first-order chi connectivity index (χ1) is 9.51. The number of carbonyl (C=O) groups excluding carboxylic acids is 1. The van der Waals surface area contributed by atoms with Gasteiger partial charge in [0.2, 0.25) is 0 Å². The molecule has 0 aliphatic heterocycles. The number of ether oxygens (including phenoxy) is 1. The summed E-state index contributed by atoms with van der Waals surface area (Å²) in [5, 5.41) is 4.48. The number of aryl methyl sites for hydroxylation is 1. The summed E-state index contributed by atoms with van der Waals surface area (Å²) in [5.74, 6) is -0.269. The van der Waals surface area contributed by atoms with E-state index in [-0.39, 0.29) is 11.9 Å². The molecule has 1 N–H and O–H groups in total. The van der Waals surface area contributed by atoms with E-state index in [2.05, 4.69) is 24.1 Å². The second-order valence-electron chi connectivity index (χ2n) is 6.41. The third-order valence-electron chi connectivity index (χ3n) is 4.34. The van der Waals surface area contributed by atoms with Crippen molar-refractivity contribution in [2.45, 2.75) is 58.4 Å². The smallest absolute Gasteiger partial charge is 0.315 e. The molecular formula is C15H22N2O2S. The number of anilines is 1. The van der Waals surface area contributed by atoms with E-state index in [1.165, 1.54) is 11.3 Å². The zero-order valence-electron chi connectivity index (χ0n) is 12.4. The summed E-state index contributed by atoms with van der Waals surface area (Å²) in [7, 11) is 0. The van der Waals surface area contributed by atoms with E-state index in [9.17, 15) is 4.79 Å². The second-order valence-corrected chi connectivity index (χ2v) is 7.50. The van der Waals surface area contributed by atoms with Crippen molar-refractivity contribution in [3.8, 4) is 0 Å². The molecule has 0 saturated heterocycles. The molecule has 0 amide bonds. The topological polar surface area (TPSA) is 51.2 Å². The van der Waals surface area contributed by atoms with Gasteiger partial charge in [-0.2, -0.15) is 0 Å². The molecule has 1 heterocycles. The van der Waals surface area contributed by atoms with E-state index < -0.39 is 0 Å². The molecule has 2 aliphatic rings. The Labute approximate surface area is 123 Å². The van der Waals surface area contributed by atoms with Crippen molar-refractivity contribution < 1.29 is 9.53 Å². The molecule has 0 spiro atoms. The first-order valence-electron chi connectivity index (χ1n) is 7.44. The van der Waals surface area contributed by atoms with Gasteiger partial charge in [0, 0.05) is 10.9 Å². The number of nitrogens with zero attached hydrogens (tertiary/aromatic N) is 1. The number of hydrogen-bond donors (Lipinski definition) is 1. The Balaban J connectivity index is 1.76. The van der Waals surface area contributed by atoms with Gasteiger partial charge in [0.1, 0.15) is 5.92 Å². The highest BCUT2D eigenvalue weighted by molar-refractivity contribution is 7.15. The van der Waals surface area contributed by atoms with Crippen LogP contribution in [0.4, 0.5) is 5.13 Å². The summed E-state index contributed by atoms with van der Waals surface area (Å²) in [6, 6.07) is 0.524. The Hall–Kier alpha value is -1.10. The Kier molecular flexibility index (Phi) is 3.48. The van der Waals surface area contributed by atoms with Gasteiger partial charge in [-0.3, -0.25) is 4.79 Å². The lowest BCUT2D eigenvalue weighted by atomic mass is 9.91. The molecule has 5 heteroatoms. The molecule has 3 rings (SSSR count). The SMILES string of the molecule is CCOC(=O)C1CCCc2sc(NC3CC3(C)C)nc21. The highest BCUT2D eigenvalue weighted by atomic mass is 32.1. The monoisotopic (exact) mass is 294 g/mol. The molecule has 1 fully saturated rings. The number of nitrogens with one attached hydrogen (secondary N) is 1. The molecule has 2 aliphatic carbocycles. The van der Waals surface area contributed by atoms with Crippen LogP contribution in [0.2, 0.25) is 0 Å². The van der Waals surface area contributed by atoms with Crippen LogP contribution in [0.3, 0.4) is 0 Å². The molecule has 1 aromatic heterocycles. The number of aromatic nitrogens is 1. The van der Waals surface area contributed by atoms with Crippen LogP contribution in [0.5, 0.6) is 0 Å². The van der Waals surface area contributed by atoms with Crippen molar-refractivity contribution in [3.63, 3.8) is 0 Å². The van der Waals surface area contributed by atoms with Crippen molar-refractivity contribution in [3.05, 3.63) is 10.6 Å². The lowest BCUT2D eigenvalue weighted by Gasteiger charge is -2.19. The maximum Gasteiger partial charge on any atom is 0.315 e. The predicted molar refractivity (Wildman–Crippen MR) is 80.2 cm³/mol. The average molecular weight is 294 g/mol. The summed E-state index contributed by atoms with van der Waals surface area (Å²) in [4.78, 5) is 18.0. The normalized spacial score (nSPS) is 26.8. The van der Waals surface area contributed by atoms with E-state index in [4.69, 9.17) is 4.74 Å². The first-order valence-corrected chi connectivity index (χ1v) is 8.25. The first kappa shape index (κ1) is 13.9. The van der Waals surface area contributed by atoms with Crippen LogP contribution in [-0.2, 0) is 16.0 Å². The number of carbonyl (C=O) groups is 1. The number of rotatable bonds is 4. The van der Waals surface area contributed by atoms with E-state index >= 15 is 0 Å². The number of esters is 1. The van der Waals surface area contributed by atoms with Gasteiger partial charge in [0.15, 0.2) is 5.13 Å². The maximum atomic E-state index is 12.0. The molecule has 2 unspecified atom stereocenters. The molecule has 2 atom stereocenters. The molecule has 0 aromatic carbocycles. The number of hydrogen-bond acceptors (Lipinski definition) is 5. The summed E-state index contributed by atoms with van der Waals surface area (Å²) in [6.45, 7) is 6.82. The summed E-state index contributed by atoms with van der Waals surface area (Å²) >= 11 is 1.71. The van der Waals surface area contributed by atoms with E-state index in [1.54, 1.807) is 11.3 Å². The fourth-order valence-corrected chi connectivity index (χ4v) is 3.93. The van der Waals surface area contributed by atoms with Crippen LogP contribution in [-0.4, -0.2) is 23.6 Å². The standard InChI is InChI=1S/C15H22N2O2S/c1-4-19-13(18)9-6-5-7-10-12(9)17-14(20-10)16-11-8-15(11,2)3/h9,11H,4-8H2,1-3H3,(H,16,17). The molecule has 1 aromatic rings. The van der Waals surface area contributed by atoms with Gasteiger partial charge in [-0.25, -0.2) is 4.98 Å². The van der Waals surface area contributed by atoms with Crippen molar-refractivity contribution in [2.24, 2.45) is 5.41 Å². The second kappa shape index (κ2) is 5.02. The fourth-order valence-electron chi connectivity index (χ4n) is 2.82. The minimum atomic E-state index is -0.155. The Morgan fingerprint density at radius 2 is 2.30 bits per heavy atom. The van der Waals surface area contributed by atoms with E-state index in [0.29, 0.717) is 18.1 Å². The van der Waals surface area contributed by atoms with Gasteiger partial charge >= 0.3 is 5.97 Å². The molecule has 4 nitrogen and oxygen atoms in total. The van der Waals surface area contributed by atoms with Crippen LogP contribution in [0.15, 0.2) is 0 Å². The number of thiazole rings is 1. The number of fused-ring (bicyclic) bond motifs is 1. The predicted octanol–water partition coefficient (Wildman–Crippen LogP) is 3.34. The minimum absolute atomic E-state index is 0.114. The lowest BCUT2D eigenvalue weighted by molar-refractivity contribution is -0.145. The van der Waals surface area contributed by atoms with Gasteiger partial charge in [0.25, 0.3) is 0 Å². The molecule has 20 heavy (non-hydrogen) atoms. The molecule has 0 bridgehead atoms. The van der Waals surface area contributed by atoms with Crippen LogP contribution in [0, 0.1) is 5.41 Å². The molecule has 1 saturated carbocycles. The maximum absolute atomic E-state index is 12.0. The Morgan fingerprint density at radius 1 is 1.55 bits per heavy atom. The quantitative estimate of drug-likeness (QED) is 0.865. The van der Waals surface area contributed by atoms with Gasteiger partial charge in [-0.15, -0.1) is 11.3 Å². The van der Waals surface area contributed by atoms with Crippen molar-refractivity contribution in [1.29, 1.82) is 0 Å². The largest absolute Gasteiger partial charge is 0.465 e. The lowest BCUT2D eigenvalue weighted by Crippen LogP contribution is -2.20. The van der Waals surface area contributed by atoms with Crippen LogP contribution >= 0.6 is 11.3 Å². The summed E-state index contributed by atoms with van der Waals surface area (Å²) in [5.41, 5.74) is 1.34. The zero-order chi connectivity index (χ0) is 14.3. The Bertz CT molecular complexity index is 524. The highest BCUT2D eigenvalue weighted by Gasteiger charge is 2.46. The van der Waals surface area contributed by atoms with Crippen LogP contribution < -0.4 is 5.32 Å². The van der Waals surface area contributed by atoms with Crippen LogP contribution in [0.25, 0.3) is 0 Å². The Morgan fingerprint density at radius 3 is 2.95 bits per heavy atom. The fraction of sp³-hybridized carbons (Fsp3) is 0.733. The zero-order valence-corrected chi connectivity index (χ0v) is 13.2.